The van der Waals surface area contributed by atoms with Gasteiger partial charge in [0, 0.05) is 19.3 Å². The Morgan fingerprint density at radius 3 is 2.36 bits per heavy atom. The minimum atomic E-state index is -1.38. The standard InChI is InChI=1S/C33H35N4O4.Mg/c1-8-18-14(3)21-10-23-16(5)20(13-38)30(36-23)28-29(33(40)41-7)32(39)27-17(6)24(37-31(27)28)12-26-19(9-2)15(4)22(35-26)11-25(18)34-21;/h8,10-12,16,20,29,33,38,40H,1,9,13H2,2-7H3,(H-,36,37,39);/q-3;+2/p-1/b22-11-,23-10-,26-12-;/t16-,20-,29+,33?;/m0./s1. The summed E-state index contributed by atoms with van der Waals surface area (Å²) in [6, 6.07) is 0. The first-order valence-corrected chi connectivity index (χ1v) is 14.0. The molecule has 0 aromatic carbocycles. The molecule has 1 unspecified atom stereocenters. The second-order valence-electron chi connectivity index (χ2n) is 11.1. The Kier molecular flexibility index (Phi) is 8.10. The van der Waals surface area contributed by atoms with E-state index in [4.69, 9.17) is 25.0 Å². The number of carbonyl (C=O) groups excluding carboxylic acids is 1. The number of hydrogen-bond acceptors (Lipinski definition) is 4. The maximum atomic E-state index is 13.9. The molecule has 1 aliphatic carbocycles. The Bertz CT molecular complexity index is 1800. The number of allylic oxidation sites excluding steroid dienone is 1. The summed E-state index contributed by atoms with van der Waals surface area (Å²) in [4.78, 5) is 28.8. The van der Waals surface area contributed by atoms with Crippen molar-refractivity contribution >= 4 is 58.7 Å². The Morgan fingerprint density at radius 2 is 1.71 bits per heavy atom. The zero-order valence-electron chi connectivity index (χ0n) is 24.9. The van der Waals surface area contributed by atoms with E-state index in [2.05, 4.69) is 20.4 Å². The predicted molar refractivity (Wildman–Crippen MR) is 164 cm³/mol. The minimum absolute atomic E-state index is 0. The molecule has 3 aromatic heterocycles. The van der Waals surface area contributed by atoms with Gasteiger partial charge in [0.1, 0.15) is 0 Å². The van der Waals surface area contributed by atoms with Gasteiger partial charge in [-0.25, -0.2) is 0 Å². The number of Topliss-reactive ketones (excluding diaryl/α,β-unsaturated/α-hetero) is 1. The number of rotatable bonds is 5. The van der Waals surface area contributed by atoms with E-state index in [0.29, 0.717) is 28.2 Å². The molecule has 8 bridgehead atoms. The second kappa shape index (κ2) is 11.2. The third kappa shape index (κ3) is 4.33. The number of aliphatic hydroxyl groups excluding tert-OH is 2. The van der Waals surface area contributed by atoms with Crippen molar-refractivity contribution in [2.75, 3.05) is 13.7 Å². The van der Waals surface area contributed by atoms with Crippen LogP contribution in [0.25, 0.3) is 35.2 Å². The van der Waals surface area contributed by atoms with Crippen LogP contribution in [0, 0.1) is 38.5 Å². The Labute approximate surface area is 261 Å². The molecule has 0 radical (unpaired) electrons. The third-order valence-electron chi connectivity index (χ3n) is 9.07. The number of nitrogens with zero attached hydrogens (tertiary/aromatic N) is 4. The molecular weight excluding hydrogens is 541 g/mol. The molecule has 0 saturated carbocycles. The van der Waals surface area contributed by atoms with Crippen LogP contribution in [0.3, 0.4) is 0 Å². The van der Waals surface area contributed by atoms with Crippen LogP contribution >= 0.6 is 0 Å². The molecule has 4 atom stereocenters. The van der Waals surface area contributed by atoms with Crippen LogP contribution in [-0.2, 0) is 11.2 Å². The van der Waals surface area contributed by atoms with Gasteiger partial charge in [0.05, 0.1) is 5.92 Å². The van der Waals surface area contributed by atoms with Crippen molar-refractivity contribution < 1.29 is 19.7 Å². The molecule has 1 saturated heterocycles. The number of fused-ring (bicyclic) bond motifs is 7. The van der Waals surface area contributed by atoms with E-state index in [9.17, 15) is 15.0 Å². The number of carbonyl (C=O) groups is 1. The van der Waals surface area contributed by atoms with Crippen LogP contribution in [-0.4, -0.2) is 59.1 Å². The molecule has 42 heavy (non-hydrogen) atoms. The first-order chi connectivity index (χ1) is 19.6. The molecule has 0 amide bonds. The van der Waals surface area contributed by atoms with Gasteiger partial charge in [-0.05, 0) is 44.6 Å². The van der Waals surface area contributed by atoms with Gasteiger partial charge in [-0.3, -0.25) is 4.79 Å². The summed E-state index contributed by atoms with van der Waals surface area (Å²) in [6.07, 6.45) is 7.11. The van der Waals surface area contributed by atoms with E-state index in [-0.39, 0.29) is 41.4 Å². The third-order valence-corrected chi connectivity index (χ3v) is 9.07. The molecule has 5 heterocycles. The van der Waals surface area contributed by atoms with Gasteiger partial charge in [0.15, 0.2) is 12.1 Å². The van der Waals surface area contributed by atoms with Crippen molar-refractivity contribution in [3.05, 3.63) is 90.1 Å². The summed E-state index contributed by atoms with van der Waals surface area (Å²) in [5.74, 6) is -1.81. The van der Waals surface area contributed by atoms with Gasteiger partial charge >= 0.3 is 23.1 Å². The Balaban J connectivity index is 0.00000353. The van der Waals surface area contributed by atoms with Crippen molar-refractivity contribution in [3.63, 3.8) is 0 Å². The van der Waals surface area contributed by atoms with E-state index in [1.54, 1.807) is 0 Å². The average molecular weight is 575 g/mol. The molecule has 3 aliphatic rings. The molecule has 9 heteroatoms. The summed E-state index contributed by atoms with van der Waals surface area (Å²) >= 11 is 0. The van der Waals surface area contributed by atoms with Gasteiger partial charge in [-0.15, -0.1) is 33.5 Å². The topological polar surface area (TPSA) is 123 Å². The Morgan fingerprint density at radius 1 is 1.02 bits per heavy atom. The number of hydrogen-bond donors (Lipinski definition) is 2. The monoisotopic (exact) mass is 574 g/mol. The summed E-state index contributed by atoms with van der Waals surface area (Å²) in [7, 11) is 1.37. The van der Waals surface area contributed by atoms with E-state index in [1.165, 1.54) is 7.11 Å². The average Bonchev–Trinajstić information content (AvgIpc) is 3.69. The number of aliphatic hydroxyl groups is 2. The molecular formula is C33H34MgN4O4-2. The zero-order chi connectivity index (χ0) is 29.3. The molecule has 3 aromatic rings. The molecule has 0 spiro atoms. The van der Waals surface area contributed by atoms with Gasteiger partial charge in [-0.2, -0.15) is 11.4 Å². The van der Waals surface area contributed by atoms with Gasteiger partial charge < -0.3 is 35.2 Å². The van der Waals surface area contributed by atoms with Crippen LogP contribution in [0.4, 0.5) is 0 Å². The van der Waals surface area contributed by atoms with E-state index < -0.39 is 18.1 Å². The number of aromatic nitrogens is 3. The zero-order valence-corrected chi connectivity index (χ0v) is 26.4. The van der Waals surface area contributed by atoms with E-state index >= 15 is 0 Å². The summed E-state index contributed by atoms with van der Waals surface area (Å²) < 4.78 is 5.28. The molecule has 6 rings (SSSR count). The van der Waals surface area contributed by atoms with Crippen molar-refractivity contribution in [1.29, 1.82) is 0 Å². The predicted octanol–water partition coefficient (Wildman–Crippen LogP) is 2.44. The smallest absolute Gasteiger partial charge is 0.664 e. The van der Waals surface area contributed by atoms with Crippen molar-refractivity contribution in [2.24, 2.45) is 17.8 Å². The van der Waals surface area contributed by atoms with E-state index in [1.807, 2.05) is 45.1 Å². The van der Waals surface area contributed by atoms with Crippen LogP contribution < -0.4 is 25.7 Å². The molecule has 214 valence electrons. The second-order valence-corrected chi connectivity index (χ2v) is 11.1. The number of ketones is 1. The van der Waals surface area contributed by atoms with Crippen molar-refractivity contribution in [3.8, 4) is 0 Å². The van der Waals surface area contributed by atoms with Crippen LogP contribution in [0.5, 0.6) is 0 Å². The first-order valence-electron chi connectivity index (χ1n) is 14.0. The van der Waals surface area contributed by atoms with Gasteiger partial charge in [0.2, 0.25) is 0 Å². The normalized spacial score (nSPS) is 26.0. The maximum Gasteiger partial charge on any atom is 2.00 e. The quantitative estimate of drug-likeness (QED) is 0.354. The molecule has 2 aliphatic heterocycles. The summed E-state index contributed by atoms with van der Waals surface area (Å²) in [5.41, 5.74) is 9.76. The number of ether oxygens (including phenoxy) is 1. The molecule has 2 N–H and O–H groups in total. The SMILES string of the molecule is C=Cc1c2[n-]c(c1C)/C=C1\[N-]/C(=C3\c4[n-]c(c(C)c4C(=O)[C@@H]3C(O)OC)/C=c3\[n-]/c(c(C)c3CC)=C\2)[C@@H](CO)[C@@H]1C.[Mg+2]. The van der Waals surface area contributed by atoms with E-state index in [0.717, 1.165) is 62.0 Å². The number of methoxy groups -OCH3 is 1. The maximum absolute atomic E-state index is 13.9. The molecule has 8 nitrogen and oxygen atoms in total. The summed E-state index contributed by atoms with van der Waals surface area (Å²) in [5, 5.41) is 28.1. The van der Waals surface area contributed by atoms with Crippen LogP contribution in [0.1, 0.15) is 74.8 Å². The van der Waals surface area contributed by atoms with Gasteiger partial charge in [-0.1, -0.05) is 72.6 Å². The van der Waals surface area contributed by atoms with Crippen molar-refractivity contribution in [2.45, 2.75) is 47.3 Å². The largest absolute Gasteiger partial charge is 2.00 e. The fourth-order valence-corrected chi connectivity index (χ4v) is 6.61. The van der Waals surface area contributed by atoms with Crippen LogP contribution in [0.15, 0.2) is 18.0 Å². The fraction of sp³-hybridized carbons (Fsp3) is 0.364. The minimum Gasteiger partial charge on any atom is -0.664 e. The Hall–Kier alpha value is -3.08. The summed E-state index contributed by atoms with van der Waals surface area (Å²) in [6.45, 7) is 13.9. The van der Waals surface area contributed by atoms with Gasteiger partial charge in [0.25, 0.3) is 0 Å². The van der Waals surface area contributed by atoms with Crippen molar-refractivity contribution in [1.82, 2.24) is 15.0 Å². The van der Waals surface area contributed by atoms with Crippen LogP contribution in [0.2, 0.25) is 0 Å². The fourth-order valence-electron chi connectivity index (χ4n) is 6.61. The first kappa shape index (κ1) is 30.4. The molecule has 1 fully saturated rings.